The van der Waals surface area contributed by atoms with Crippen LogP contribution < -0.4 is 10.6 Å². The Morgan fingerprint density at radius 1 is 1.04 bits per heavy atom. The summed E-state index contributed by atoms with van der Waals surface area (Å²) >= 11 is 11.6. The molecule has 0 spiro atoms. The van der Waals surface area contributed by atoms with Gasteiger partial charge in [0.25, 0.3) is 11.8 Å². The second-order valence-corrected chi connectivity index (χ2v) is 6.52. The molecule has 2 aromatic carbocycles. The van der Waals surface area contributed by atoms with E-state index >= 15 is 0 Å². The summed E-state index contributed by atoms with van der Waals surface area (Å²) in [5, 5.41) is 6.22. The van der Waals surface area contributed by atoms with Crippen molar-refractivity contribution in [1.82, 2.24) is 5.32 Å². The number of hydrogen-bond acceptors (Lipinski definition) is 4. The summed E-state index contributed by atoms with van der Waals surface area (Å²) in [6, 6.07) is 13.0. The minimum Gasteiger partial charge on any atom is -0.452 e. The summed E-state index contributed by atoms with van der Waals surface area (Å²) in [6.07, 6.45) is -1.04. The second-order valence-electron chi connectivity index (χ2n) is 5.64. The Morgan fingerprint density at radius 3 is 2.41 bits per heavy atom. The van der Waals surface area contributed by atoms with Gasteiger partial charge in [0.1, 0.15) is 0 Å². The normalized spacial score (nSPS) is 11.4. The van der Waals surface area contributed by atoms with Crippen molar-refractivity contribution in [2.45, 2.75) is 19.4 Å². The molecule has 0 saturated heterocycles. The van der Waals surface area contributed by atoms with Crippen LogP contribution in [0.15, 0.2) is 48.5 Å². The van der Waals surface area contributed by atoms with Gasteiger partial charge in [0.15, 0.2) is 6.10 Å². The summed E-state index contributed by atoms with van der Waals surface area (Å²) < 4.78 is 5.07. The maximum absolute atomic E-state index is 12.0. The topological polar surface area (TPSA) is 84.5 Å². The number of amides is 2. The lowest BCUT2D eigenvalue weighted by molar-refractivity contribution is -0.153. The Hall–Kier alpha value is -2.57. The average Bonchev–Trinajstić information content (AvgIpc) is 2.62. The monoisotopic (exact) mass is 408 g/mol. The van der Waals surface area contributed by atoms with Crippen molar-refractivity contribution in [3.63, 3.8) is 0 Å². The van der Waals surface area contributed by atoms with Gasteiger partial charge in [-0.15, -0.1) is 0 Å². The molecule has 0 saturated carbocycles. The zero-order chi connectivity index (χ0) is 19.8. The summed E-state index contributed by atoms with van der Waals surface area (Å²) in [7, 11) is 0. The minimum atomic E-state index is -0.983. The number of carbonyl (C=O) groups excluding carboxylic acids is 3. The van der Waals surface area contributed by atoms with Crippen LogP contribution >= 0.6 is 23.2 Å². The highest BCUT2D eigenvalue weighted by molar-refractivity contribution is 6.31. The maximum Gasteiger partial charge on any atom is 0.308 e. The van der Waals surface area contributed by atoms with E-state index in [9.17, 15) is 14.4 Å². The number of carbonyl (C=O) groups is 3. The summed E-state index contributed by atoms with van der Waals surface area (Å²) in [5.41, 5.74) is 0.938. The van der Waals surface area contributed by atoms with Gasteiger partial charge in [0, 0.05) is 27.8 Å². The molecular weight excluding hydrogens is 391 g/mol. The third-order valence-corrected chi connectivity index (χ3v) is 3.98. The number of hydrogen-bond donors (Lipinski definition) is 2. The molecule has 0 heterocycles. The van der Waals surface area contributed by atoms with Crippen LogP contribution in [0.5, 0.6) is 0 Å². The Morgan fingerprint density at radius 2 is 1.74 bits per heavy atom. The van der Waals surface area contributed by atoms with Crippen LogP contribution in [-0.4, -0.2) is 30.4 Å². The van der Waals surface area contributed by atoms with Crippen molar-refractivity contribution in [2.75, 3.05) is 11.9 Å². The van der Waals surface area contributed by atoms with E-state index < -0.39 is 18.0 Å². The van der Waals surface area contributed by atoms with E-state index in [0.29, 0.717) is 21.3 Å². The number of anilines is 1. The van der Waals surface area contributed by atoms with Crippen LogP contribution in [-0.2, 0) is 14.3 Å². The predicted octanol–water partition coefficient (Wildman–Crippen LogP) is 3.68. The fourth-order valence-electron chi connectivity index (χ4n) is 2.10. The van der Waals surface area contributed by atoms with E-state index in [1.54, 1.807) is 48.5 Å². The molecule has 2 aromatic rings. The van der Waals surface area contributed by atoms with Crippen molar-refractivity contribution in [3.8, 4) is 0 Å². The highest BCUT2D eigenvalue weighted by Gasteiger charge is 2.18. The summed E-state index contributed by atoms with van der Waals surface area (Å²) in [6.45, 7) is 1.55. The predicted molar refractivity (Wildman–Crippen MR) is 104 cm³/mol. The third-order valence-electron chi connectivity index (χ3n) is 3.49. The van der Waals surface area contributed by atoms with Crippen LogP contribution in [0.3, 0.4) is 0 Å². The molecule has 2 amide bonds. The lowest BCUT2D eigenvalue weighted by Crippen LogP contribution is -2.32. The van der Waals surface area contributed by atoms with Gasteiger partial charge in [0.2, 0.25) is 0 Å². The average molecular weight is 409 g/mol. The smallest absolute Gasteiger partial charge is 0.308 e. The molecule has 8 heteroatoms. The van der Waals surface area contributed by atoms with E-state index in [-0.39, 0.29) is 18.9 Å². The Balaban J connectivity index is 1.73. The Kier molecular flexibility index (Phi) is 7.64. The zero-order valence-electron chi connectivity index (χ0n) is 14.5. The van der Waals surface area contributed by atoms with Gasteiger partial charge in [-0.2, -0.15) is 0 Å². The van der Waals surface area contributed by atoms with E-state index in [2.05, 4.69) is 10.6 Å². The minimum absolute atomic E-state index is 0.0614. The van der Waals surface area contributed by atoms with E-state index in [1.165, 1.54) is 6.92 Å². The molecule has 0 aliphatic heterocycles. The molecule has 142 valence electrons. The van der Waals surface area contributed by atoms with Crippen LogP contribution in [0.4, 0.5) is 5.69 Å². The molecular formula is C19H18Cl2N2O4. The van der Waals surface area contributed by atoms with Crippen molar-refractivity contribution in [3.05, 3.63) is 64.1 Å². The molecule has 0 aliphatic rings. The van der Waals surface area contributed by atoms with E-state index in [1.807, 2.05) is 0 Å². The van der Waals surface area contributed by atoms with Crippen LogP contribution in [0.25, 0.3) is 0 Å². The van der Waals surface area contributed by atoms with E-state index in [4.69, 9.17) is 27.9 Å². The molecule has 2 rings (SSSR count). The SMILES string of the molecule is C[C@@H](OC(=O)CCNC(=O)c1ccc(Cl)cc1)C(=O)Nc1cccc(Cl)c1. The number of nitrogens with one attached hydrogen (secondary N) is 2. The quantitative estimate of drug-likeness (QED) is 0.684. The summed E-state index contributed by atoms with van der Waals surface area (Å²) in [4.78, 5) is 35.8. The Bertz CT molecular complexity index is 825. The van der Waals surface area contributed by atoms with E-state index in [0.717, 1.165) is 0 Å². The van der Waals surface area contributed by atoms with Gasteiger partial charge in [-0.05, 0) is 49.4 Å². The number of esters is 1. The third kappa shape index (κ3) is 6.92. The van der Waals surface area contributed by atoms with Crippen LogP contribution in [0.1, 0.15) is 23.7 Å². The van der Waals surface area contributed by atoms with Crippen molar-refractivity contribution < 1.29 is 19.1 Å². The first-order chi connectivity index (χ1) is 12.8. The van der Waals surface area contributed by atoms with Gasteiger partial charge in [-0.3, -0.25) is 14.4 Å². The largest absolute Gasteiger partial charge is 0.452 e. The van der Waals surface area contributed by atoms with Crippen molar-refractivity contribution >= 4 is 46.7 Å². The van der Waals surface area contributed by atoms with Gasteiger partial charge in [-0.1, -0.05) is 29.3 Å². The van der Waals surface area contributed by atoms with Crippen LogP contribution in [0.2, 0.25) is 10.0 Å². The highest BCUT2D eigenvalue weighted by Crippen LogP contribution is 2.15. The summed E-state index contributed by atoms with van der Waals surface area (Å²) in [5.74, 6) is -1.40. The fraction of sp³-hybridized carbons (Fsp3) is 0.211. The van der Waals surface area contributed by atoms with Crippen molar-refractivity contribution in [2.24, 2.45) is 0 Å². The highest BCUT2D eigenvalue weighted by atomic mass is 35.5. The molecule has 0 aliphatic carbocycles. The molecule has 0 radical (unpaired) electrons. The van der Waals surface area contributed by atoms with Crippen LogP contribution in [0, 0.1) is 0 Å². The second kappa shape index (κ2) is 9.94. The number of halogens is 2. The molecule has 0 unspecified atom stereocenters. The van der Waals surface area contributed by atoms with Gasteiger partial charge < -0.3 is 15.4 Å². The maximum atomic E-state index is 12.0. The first-order valence-electron chi connectivity index (χ1n) is 8.15. The molecule has 27 heavy (non-hydrogen) atoms. The lowest BCUT2D eigenvalue weighted by atomic mass is 10.2. The Labute approximate surface area is 166 Å². The van der Waals surface area contributed by atoms with Gasteiger partial charge in [-0.25, -0.2) is 0 Å². The molecule has 0 aromatic heterocycles. The molecule has 0 bridgehead atoms. The zero-order valence-corrected chi connectivity index (χ0v) is 16.0. The first kappa shape index (κ1) is 20.7. The molecule has 2 N–H and O–H groups in total. The standard InChI is InChI=1S/C19H18Cl2N2O4/c1-12(18(25)23-16-4-2-3-15(21)11-16)27-17(24)9-10-22-19(26)13-5-7-14(20)8-6-13/h2-8,11-12H,9-10H2,1H3,(H,22,26)(H,23,25)/t12-/m1/s1. The van der Waals surface area contributed by atoms with Crippen molar-refractivity contribution in [1.29, 1.82) is 0 Å². The number of ether oxygens (including phenoxy) is 1. The fourth-order valence-corrected chi connectivity index (χ4v) is 2.42. The molecule has 6 nitrogen and oxygen atoms in total. The molecule has 1 atom stereocenters. The van der Waals surface area contributed by atoms with Gasteiger partial charge >= 0.3 is 5.97 Å². The molecule has 0 fully saturated rings. The van der Waals surface area contributed by atoms with Gasteiger partial charge in [0.05, 0.1) is 6.42 Å². The number of rotatable bonds is 7. The number of benzene rings is 2. The lowest BCUT2D eigenvalue weighted by Gasteiger charge is -2.14. The first-order valence-corrected chi connectivity index (χ1v) is 8.90.